The van der Waals surface area contributed by atoms with E-state index in [4.69, 9.17) is 14.2 Å². The lowest BCUT2D eigenvalue weighted by molar-refractivity contribution is -0.00511. The number of carbonyl (C=O) groups is 1. The van der Waals surface area contributed by atoms with Crippen LogP contribution in [0.4, 0.5) is 4.79 Å². The van der Waals surface area contributed by atoms with Gasteiger partial charge in [-0.2, -0.15) is 0 Å². The molecule has 0 spiro atoms. The third kappa shape index (κ3) is 2.64. The second-order valence-corrected chi connectivity index (χ2v) is 7.92. The highest BCUT2D eigenvalue weighted by Crippen LogP contribution is 2.53. The molecule has 2 aromatic rings. The number of benzene rings is 2. The summed E-state index contributed by atoms with van der Waals surface area (Å²) >= 11 is 0. The summed E-state index contributed by atoms with van der Waals surface area (Å²) in [6, 6.07) is 14.4. The van der Waals surface area contributed by atoms with Crippen molar-refractivity contribution in [2.75, 3.05) is 20.8 Å². The van der Waals surface area contributed by atoms with Crippen LogP contribution < -0.4 is 9.47 Å². The smallest absolute Gasteiger partial charge is 0.411 e. The molecule has 148 valence electrons. The Morgan fingerprint density at radius 2 is 1.75 bits per heavy atom. The van der Waals surface area contributed by atoms with Gasteiger partial charge in [-0.3, -0.25) is 4.90 Å². The number of carbonyl (C=O) groups excluding carboxylic acids is 1. The van der Waals surface area contributed by atoms with E-state index in [2.05, 4.69) is 26.0 Å². The number of hydrogen-bond acceptors (Lipinski definition) is 4. The minimum atomic E-state index is -0.644. The van der Waals surface area contributed by atoms with Gasteiger partial charge in [0, 0.05) is 6.54 Å². The number of aryl methyl sites for hydroxylation is 1. The van der Waals surface area contributed by atoms with E-state index < -0.39 is 11.1 Å². The van der Waals surface area contributed by atoms with E-state index in [9.17, 15) is 4.79 Å². The number of fused-ring (bicyclic) bond motifs is 3. The predicted octanol–water partition coefficient (Wildman–Crippen LogP) is 4.32. The monoisotopic (exact) mass is 381 g/mol. The van der Waals surface area contributed by atoms with Gasteiger partial charge in [0.25, 0.3) is 0 Å². The summed E-state index contributed by atoms with van der Waals surface area (Å²) in [6.45, 7) is 4.81. The van der Waals surface area contributed by atoms with Crippen molar-refractivity contribution in [1.29, 1.82) is 0 Å². The molecule has 2 aromatic carbocycles. The van der Waals surface area contributed by atoms with Gasteiger partial charge in [-0.05, 0) is 61.9 Å². The Morgan fingerprint density at radius 3 is 2.43 bits per heavy atom. The first-order chi connectivity index (χ1) is 13.4. The molecule has 0 saturated carbocycles. The third-order valence-electron chi connectivity index (χ3n) is 6.57. The molecule has 4 rings (SSSR count). The van der Waals surface area contributed by atoms with Crippen LogP contribution in [0.25, 0.3) is 0 Å². The number of methoxy groups -OCH3 is 2. The molecule has 0 bridgehead atoms. The molecule has 0 aromatic heterocycles. The summed E-state index contributed by atoms with van der Waals surface area (Å²) in [5.41, 5.74) is 2.30. The van der Waals surface area contributed by atoms with Gasteiger partial charge in [0.1, 0.15) is 11.1 Å². The van der Waals surface area contributed by atoms with Crippen molar-refractivity contribution in [3.05, 3.63) is 59.2 Å². The lowest BCUT2D eigenvalue weighted by Crippen LogP contribution is -2.55. The number of ether oxygens (including phenoxy) is 3. The van der Waals surface area contributed by atoms with E-state index in [0.717, 1.165) is 30.6 Å². The lowest BCUT2D eigenvalue weighted by atomic mass is 9.70. The summed E-state index contributed by atoms with van der Waals surface area (Å²) < 4.78 is 17.1. The van der Waals surface area contributed by atoms with Gasteiger partial charge in [-0.15, -0.1) is 0 Å². The predicted molar refractivity (Wildman–Crippen MR) is 107 cm³/mol. The largest absolute Gasteiger partial charge is 0.493 e. The molecule has 0 N–H and O–H groups in total. The van der Waals surface area contributed by atoms with Crippen molar-refractivity contribution in [3.63, 3.8) is 0 Å². The maximum Gasteiger partial charge on any atom is 0.411 e. The van der Waals surface area contributed by atoms with Crippen LogP contribution in [-0.2, 0) is 23.1 Å². The van der Waals surface area contributed by atoms with Crippen LogP contribution in [-0.4, -0.2) is 37.4 Å². The van der Waals surface area contributed by atoms with Crippen LogP contribution in [0.1, 0.15) is 37.0 Å². The Bertz CT molecular complexity index is 897. The van der Waals surface area contributed by atoms with Crippen molar-refractivity contribution >= 4 is 6.09 Å². The molecule has 2 aliphatic heterocycles. The Hall–Kier alpha value is -2.69. The maximum absolute atomic E-state index is 12.8. The SMILES string of the molecule is COc1cc2c(cc1OC)C1(C)N(CC2)C(=O)OC1(C)CCc1ccccc1. The average Bonchev–Trinajstić information content (AvgIpc) is 2.92. The van der Waals surface area contributed by atoms with Gasteiger partial charge < -0.3 is 14.2 Å². The second kappa shape index (κ2) is 6.73. The minimum Gasteiger partial charge on any atom is -0.493 e. The molecule has 2 heterocycles. The Labute approximate surface area is 166 Å². The first-order valence-corrected chi connectivity index (χ1v) is 9.73. The Balaban J connectivity index is 1.77. The topological polar surface area (TPSA) is 48.0 Å². The molecule has 2 aliphatic rings. The number of nitrogens with zero attached hydrogens (tertiary/aromatic N) is 1. The first kappa shape index (κ1) is 18.7. The molecule has 28 heavy (non-hydrogen) atoms. The number of amides is 1. The van der Waals surface area contributed by atoms with Gasteiger partial charge in [-0.1, -0.05) is 30.3 Å². The van der Waals surface area contributed by atoms with Crippen LogP contribution >= 0.6 is 0 Å². The highest BCUT2D eigenvalue weighted by molar-refractivity contribution is 5.75. The Kier molecular flexibility index (Phi) is 4.48. The van der Waals surface area contributed by atoms with E-state index in [-0.39, 0.29) is 6.09 Å². The quantitative estimate of drug-likeness (QED) is 0.774. The molecule has 0 radical (unpaired) electrons. The summed E-state index contributed by atoms with van der Waals surface area (Å²) in [6.07, 6.45) is 2.12. The molecule has 1 amide bonds. The van der Waals surface area contributed by atoms with Gasteiger partial charge >= 0.3 is 6.09 Å². The molecule has 1 saturated heterocycles. The molecule has 2 unspecified atom stereocenters. The zero-order valence-electron chi connectivity index (χ0n) is 17.0. The highest BCUT2D eigenvalue weighted by Gasteiger charge is 2.62. The fourth-order valence-corrected chi connectivity index (χ4v) is 4.70. The minimum absolute atomic E-state index is 0.238. The molecule has 0 aliphatic carbocycles. The van der Waals surface area contributed by atoms with Crippen LogP contribution in [0.15, 0.2) is 42.5 Å². The summed E-state index contributed by atoms with van der Waals surface area (Å²) in [4.78, 5) is 14.7. The van der Waals surface area contributed by atoms with Crippen LogP contribution in [0.3, 0.4) is 0 Å². The van der Waals surface area contributed by atoms with Crippen molar-refractivity contribution in [2.24, 2.45) is 0 Å². The van der Waals surface area contributed by atoms with Gasteiger partial charge in [0.2, 0.25) is 0 Å². The summed E-state index contributed by atoms with van der Waals surface area (Å²) in [5.74, 6) is 1.39. The fourth-order valence-electron chi connectivity index (χ4n) is 4.70. The number of rotatable bonds is 5. The summed E-state index contributed by atoms with van der Waals surface area (Å²) in [7, 11) is 3.28. The van der Waals surface area contributed by atoms with E-state index in [0.29, 0.717) is 12.3 Å². The van der Waals surface area contributed by atoms with E-state index in [1.54, 1.807) is 14.2 Å². The van der Waals surface area contributed by atoms with Crippen molar-refractivity contribution in [2.45, 2.75) is 44.2 Å². The molecular weight excluding hydrogens is 354 g/mol. The van der Waals surface area contributed by atoms with Crippen LogP contribution in [0.2, 0.25) is 0 Å². The highest BCUT2D eigenvalue weighted by atomic mass is 16.6. The lowest BCUT2D eigenvalue weighted by Gasteiger charge is -2.46. The molecule has 2 atom stereocenters. The number of hydrogen-bond donors (Lipinski definition) is 0. The van der Waals surface area contributed by atoms with Gasteiger partial charge in [0.15, 0.2) is 11.5 Å². The van der Waals surface area contributed by atoms with Gasteiger partial charge in [0.05, 0.1) is 14.2 Å². The third-order valence-corrected chi connectivity index (χ3v) is 6.57. The van der Waals surface area contributed by atoms with E-state index in [1.807, 2.05) is 35.2 Å². The second-order valence-electron chi connectivity index (χ2n) is 7.92. The standard InChI is InChI=1S/C23H27NO4/c1-22(12-10-16-8-6-5-7-9-16)23(2)18-15-20(27-4)19(26-3)14-17(18)11-13-24(23)21(25)28-22/h5-9,14-15H,10-13H2,1-4H3. The molecule has 5 nitrogen and oxygen atoms in total. The van der Waals surface area contributed by atoms with Crippen molar-refractivity contribution in [1.82, 2.24) is 4.90 Å². The Morgan fingerprint density at radius 1 is 1.07 bits per heavy atom. The van der Waals surface area contributed by atoms with Gasteiger partial charge in [-0.25, -0.2) is 4.79 Å². The van der Waals surface area contributed by atoms with Crippen molar-refractivity contribution < 1.29 is 19.0 Å². The number of cyclic esters (lactones) is 1. The van der Waals surface area contributed by atoms with Crippen LogP contribution in [0.5, 0.6) is 11.5 Å². The van der Waals surface area contributed by atoms with E-state index >= 15 is 0 Å². The maximum atomic E-state index is 12.8. The zero-order chi connectivity index (χ0) is 19.9. The fraction of sp³-hybridized carbons (Fsp3) is 0.435. The summed E-state index contributed by atoms with van der Waals surface area (Å²) in [5, 5.41) is 0. The normalized spacial score (nSPS) is 25.7. The molecular formula is C23H27NO4. The molecule has 5 heteroatoms. The van der Waals surface area contributed by atoms with E-state index in [1.165, 1.54) is 11.1 Å². The molecule has 1 fully saturated rings. The van der Waals surface area contributed by atoms with Crippen molar-refractivity contribution in [3.8, 4) is 11.5 Å². The first-order valence-electron chi connectivity index (χ1n) is 9.73. The average molecular weight is 381 g/mol. The van der Waals surface area contributed by atoms with Crippen LogP contribution in [0, 0.1) is 0 Å². The zero-order valence-corrected chi connectivity index (χ0v) is 17.0.